The summed E-state index contributed by atoms with van der Waals surface area (Å²) < 4.78 is 0. The Balaban J connectivity index is 0.00000243. The number of carbonyl (C=O) groups excluding carboxylic acids is 3. The third-order valence-corrected chi connectivity index (χ3v) is 5.01. The first-order valence-corrected chi connectivity index (χ1v) is 8.99. The van der Waals surface area contributed by atoms with Gasteiger partial charge in [-0.2, -0.15) is 0 Å². The molecule has 0 spiro atoms. The lowest BCUT2D eigenvalue weighted by atomic mass is 10.1. The van der Waals surface area contributed by atoms with Gasteiger partial charge in [-0.3, -0.25) is 19.3 Å². The van der Waals surface area contributed by atoms with Gasteiger partial charge in [0.25, 0.3) is 11.8 Å². The van der Waals surface area contributed by atoms with Crippen molar-refractivity contribution in [2.45, 2.75) is 25.7 Å². The van der Waals surface area contributed by atoms with Gasteiger partial charge in [0.2, 0.25) is 5.91 Å². The molecule has 6 nitrogen and oxygen atoms in total. The van der Waals surface area contributed by atoms with E-state index in [-0.39, 0.29) is 30.1 Å². The minimum atomic E-state index is -0.200. The van der Waals surface area contributed by atoms with E-state index < -0.39 is 0 Å². The number of amides is 3. The Morgan fingerprint density at radius 1 is 0.923 bits per heavy atom. The number of nitrogens with zero attached hydrogens (tertiary/aromatic N) is 3. The van der Waals surface area contributed by atoms with E-state index in [4.69, 9.17) is 0 Å². The van der Waals surface area contributed by atoms with E-state index in [0.717, 1.165) is 45.4 Å². The molecule has 7 heteroatoms. The fraction of sp³-hybridized carbons (Fsp3) is 0.526. The van der Waals surface area contributed by atoms with E-state index in [2.05, 4.69) is 11.9 Å². The van der Waals surface area contributed by atoms with Crippen molar-refractivity contribution >= 4 is 30.1 Å². The van der Waals surface area contributed by atoms with Gasteiger partial charge in [0.15, 0.2) is 0 Å². The molecule has 1 aromatic rings. The van der Waals surface area contributed by atoms with Crippen LogP contribution >= 0.6 is 12.4 Å². The maximum absolute atomic E-state index is 12.3. The SMILES string of the molecule is CN1CCN(C(=O)CCCCCN2C(=O)c3ccccc3C2=O)CC1.Cl. The van der Waals surface area contributed by atoms with Crippen molar-refractivity contribution in [2.75, 3.05) is 39.8 Å². The Bertz CT molecular complexity index is 637. The number of hydrogen-bond acceptors (Lipinski definition) is 4. The highest BCUT2D eigenvalue weighted by atomic mass is 35.5. The predicted octanol–water partition coefficient (Wildman–Crippen LogP) is 2.04. The largest absolute Gasteiger partial charge is 0.340 e. The van der Waals surface area contributed by atoms with Crippen LogP contribution in [0.3, 0.4) is 0 Å². The van der Waals surface area contributed by atoms with Gasteiger partial charge in [-0.15, -0.1) is 12.4 Å². The lowest BCUT2D eigenvalue weighted by Gasteiger charge is -2.32. The number of halogens is 1. The molecule has 142 valence electrons. The number of benzene rings is 1. The number of unbranched alkanes of at least 4 members (excludes halogenated alkanes) is 2. The molecule has 2 aliphatic heterocycles. The number of likely N-dealkylation sites (N-methyl/N-ethyl adjacent to an activating group) is 1. The molecule has 3 rings (SSSR count). The van der Waals surface area contributed by atoms with Gasteiger partial charge in [-0.05, 0) is 32.0 Å². The van der Waals surface area contributed by atoms with E-state index in [1.807, 2.05) is 4.90 Å². The summed E-state index contributed by atoms with van der Waals surface area (Å²) in [4.78, 5) is 42.2. The fourth-order valence-corrected chi connectivity index (χ4v) is 3.38. The van der Waals surface area contributed by atoms with Crippen LogP contribution in [0.25, 0.3) is 0 Å². The second kappa shape index (κ2) is 9.14. The molecule has 0 aliphatic carbocycles. The average molecular weight is 380 g/mol. The number of carbonyl (C=O) groups is 3. The number of fused-ring (bicyclic) bond motifs is 1. The van der Waals surface area contributed by atoms with Crippen molar-refractivity contribution in [2.24, 2.45) is 0 Å². The molecule has 3 amide bonds. The first-order chi connectivity index (χ1) is 12.1. The molecule has 26 heavy (non-hydrogen) atoms. The number of hydrogen-bond donors (Lipinski definition) is 0. The third-order valence-electron chi connectivity index (χ3n) is 5.01. The standard InChI is InChI=1S/C19H25N3O3.ClH/c1-20-11-13-21(14-12-20)17(23)9-3-2-6-10-22-18(24)15-7-4-5-8-16(15)19(22)25;/h4-5,7-8H,2-3,6,9-14H2,1H3;1H. The zero-order chi connectivity index (χ0) is 17.8. The summed E-state index contributed by atoms with van der Waals surface area (Å²) in [6.45, 7) is 3.92. The minimum Gasteiger partial charge on any atom is -0.340 e. The molecule has 1 fully saturated rings. The van der Waals surface area contributed by atoms with Crippen molar-refractivity contribution in [1.82, 2.24) is 14.7 Å². The van der Waals surface area contributed by atoms with E-state index in [0.29, 0.717) is 24.1 Å². The lowest BCUT2D eigenvalue weighted by molar-refractivity contribution is -0.132. The summed E-state index contributed by atoms with van der Waals surface area (Å²) in [5, 5.41) is 0. The van der Waals surface area contributed by atoms with Gasteiger partial charge in [0, 0.05) is 39.1 Å². The van der Waals surface area contributed by atoms with Gasteiger partial charge in [-0.25, -0.2) is 0 Å². The Hall–Kier alpha value is -1.92. The molecule has 0 unspecified atom stereocenters. The summed E-state index contributed by atoms with van der Waals surface area (Å²) in [6, 6.07) is 6.95. The predicted molar refractivity (Wildman–Crippen MR) is 102 cm³/mol. The molecule has 0 atom stereocenters. The number of piperazine rings is 1. The maximum atomic E-state index is 12.3. The highest BCUT2D eigenvalue weighted by Crippen LogP contribution is 2.22. The van der Waals surface area contributed by atoms with Crippen molar-refractivity contribution in [3.63, 3.8) is 0 Å². The van der Waals surface area contributed by atoms with E-state index in [9.17, 15) is 14.4 Å². The molecule has 1 saturated heterocycles. The van der Waals surface area contributed by atoms with Crippen LogP contribution in [0.1, 0.15) is 46.4 Å². The van der Waals surface area contributed by atoms with Crippen molar-refractivity contribution < 1.29 is 14.4 Å². The fourth-order valence-electron chi connectivity index (χ4n) is 3.38. The quantitative estimate of drug-likeness (QED) is 0.560. The van der Waals surface area contributed by atoms with Crippen molar-refractivity contribution in [3.8, 4) is 0 Å². The molecule has 0 aromatic heterocycles. The zero-order valence-electron chi connectivity index (χ0n) is 15.1. The average Bonchev–Trinajstić information content (AvgIpc) is 2.87. The first-order valence-electron chi connectivity index (χ1n) is 8.99. The third kappa shape index (κ3) is 4.43. The van der Waals surface area contributed by atoms with Crippen LogP contribution in [0, 0.1) is 0 Å². The Labute approximate surface area is 160 Å². The van der Waals surface area contributed by atoms with Gasteiger partial charge in [-0.1, -0.05) is 18.6 Å². The van der Waals surface area contributed by atoms with Gasteiger partial charge < -0.3 is 9.80 Å². The van der Waals surface area contributed by atoms with Crippen LogP contribution in [0.5, 0.6) is 0 Å². The molecule has 0 saturated carbocycles. The number of rotatable bonds is 6. The van der Waals surface area contributed by atoms with Gasteiger partial charge in [0.1, 0.15) is 0 Å². The van der Waals surface area contributed by atoms with Gasteiger partial charge in [0.05, 0.1) is 11.1 Å². The minimum absolute atomic E-state index is 0. The molecule has 0 radical (unpaired) electrons. The topological polar surface area (TPSA) is 60.9 Å². The summed E-state index contributed by atoms with van der Waals surface area (Å²) in [6.07, 6.45) is 2.93. The van der Waals surface area contributed by atoms with Crippen LogP contribution in [0.4, 0.5) is 0 Å². The van der Waals surface area contributed by atoms with Crippen molar-refractivity contribution in [1.29, 1.82) is 0 Å². The van der Waals surface area contributed by atoms with Crippen molar-refractivity contribution in [3.05, 3.63) is 35.4 Å². The highest BCUT2D eigenvalue weighted by molar-refractivity contribution is 6.21. The second-order valence-electron chi connectivity index (χ2n) is 6.80. The second-order valence-corrected chi connectivity index (χ2v) is 6.80. The first kappa shape index (κ1) is 20.4. The van der Waals surface area contributed by atoms with Crippen LogP contribution in [-0.4, -0.2) is 72.2 Å². The molecule has 1 aromatic carbocycles. The smallest absolute Gasteiger partial charge is 0.261 e. The molecule has 2 aliphatic rings. The van der Waals surface area contributed by atoms with E-state index in [1.54, 1.807) is 24.3 Å². The molecular weight excluding hydrogens is 354 g/mol. The molecule has 0 N–H and O–H groups in total. The highest BCUT2D eigenvalue weighted by Gasteiger charge is 2.34. The summed E-state index contributed by atoms with van der Waals surface area (Å²) in [5.41, 5.74) is 0.996. The monoisotopic (exact) mass is 379 g/mol. The van der Waals surface area contributed by atoms with Crippen LogP contribution in [0.2, 0.25) is 0 Å². The summed E-state index contributed by atoms with van der Waals surface area (Å²) in [7, 11) is 2.07. The van der Waals surface area contributed by atoms with E-state index >= 15 is 0 Å². The Kier molecular flexibility index (Phi) is 7.17. The summed E-state index contributed by atoms with van der Waals surface area (Å²) >= 11 is 0. The van der Waals surface area contributed by atoms with Crippen LogP contribution in [-0.2, 0) is 4.79 Å². The summed E-state index contributed by atoms with van der Waals surface area (Å²) in [5.74, 6) is -0.183. The zero-order valence-corrected chi connectivity index (χ0v) is 16.0. The Morgan fingerprint density at radius 3 is 2.08 bits per heavy atom. The molecule has 0 bridgehead atoms. The Morgan fingerprint density at radius 2 is 1.50 bits per heavy atom. The molecular formula is C19H26ClN3O3. The normalized spacial score (nSPS) is 17.3. The van der Waals surface area contributed by atoms with Crippen LogP contribution in [0.15, 0.2) is 24.3 Å². The van der Waals surface area contributed by atoms with Crippen LogP contribution < -0.4 is 0 Å². The van der Waals surface area contributed by atoms with E-state index in [1.165, 1.54) is 4.90 Å². The molecule has 2 heterocycles. The number of imide groups is 1. The lowest BCUT2D eigenvalue weighted by Crippen LogP contribution is -2.47. The van der Waals surface area contributed by atoms with Gasteiger partial charge >= 0.3 is 0 Å². The maximum Gasteiger partial charge on any atom is 0.261 e.